The zero-order valence-electron chi connectivity index (χ0n) is 27.0. The lowest BCUT2D eigenvalue weighted by Gasteiger charge is -2.35. The first-order valence-electron chi connectivity index (χ1n) is 15.4. The van der Waals surface area contributed by atoms with E-state index >= 15 is 0 Å². The van der Waals surface area contributed by atoms with Crippen molar-refractivity contribution in [2.24, 2.45) is 0 Å². The topological polar surface area (TPSA) is 86.8 Å². The summed E-state index contributed by atoms with van der Waals surface area (Å²) in [4.78, 5) is 30.3. The van der Waals surface area contributed by atoms with E-state index in [0.717, 1.165) is 26.7 Å². The molecule has 0 aliphatic heterocycles. The summed E-state index contributed by atoms with van der Waals surface area (Å²) >= 11 is 3.52. The molecule has 4 rings (SSSR count). The SMILES string of the molecule is CCc1ccccc1N(CC(=O)N(Cc1cccc(Br)c1)[C@@H](Cc1ccccc1)C(=O)NC(C)(C)C)S(=O)(=O)c1ccc(C)cc1. The fraction of sp³-hybridized carbons (Fsp3) is 0.297. The standard InChI is InChI=1S/C37H42BrN3O4S/c1-6-30-16-10-11-18-33(30)41(46(44,45)32-21-19-27(2)20-22-32)26-35(42)40(25-29-15-12-17-31(38)23-29)34(36(43)39-37(3,4)5)24-28-13-8-7-9-14-28/h7-23,34H,6,24-26H2,1-5H3,(H,39,43)/t34-/m0/s1. The lowest BCUT2D eigenvalue weighted by atomic mass is 10.0. The zero-order chi connectivity index (χ0) is 33.5. The second kappa shape index (κ2) is 15.1. The van der Waals surface area contributed by atoms with Crippen LogP contribution in [0.5, 0.6) is 0 Å². The third kappa shape index (κ3) is 9.07. The van der Waals surface area contributed by atoms with Crippen molar-refractivity contribution in [1.82, 2.24) is 10.2 Å². The molecule has 46 heavy (non-hydrogen) atoms. The maximum Gasteiger partial charge on any atom is 0.264 e. The van der Waals surface area contributed by atoms with Crippen molar-refractivity contribution >= 4 is 43.5 Å². The quantitative estimate of drug-likeness (QED) is 0.171. The number of halogens is 1. The Morgan fingerprint density at radius 2 is 1.48 bits per heavy atom. The Morgan fingerprint density at radius 3 is 2.11 bits per heavy atom. The van der Waals surface area contributed by atoms with E-state index < -0.39 is 34.1 Å². The molecule has 9 heteroatoms. The van der Waals surface area contributed by atoms with Crippen molar-refractivity contribution < 1.29 is 18.0 Å². The van der Waals surface area contributed by atoms with E-state index in [-0.39, 0.29) is 23.8 Å². The average Bonchev–Trinajstić information content (AvgIpc) is 3.01. The van der Waals surface area contributed by atoms with Crippen LogP contribution in [0.2, 0.25) is 0 Å². The molecule has 0 saturated heterocycles. The first-order chi connectivity index (χ1) is 21.8. The third-order valence-corrected chi connectivity index (χ3v) is 9.81. The number of rotatable bonds is 12. The van der Waals surface area contributed by atoms with E-state index in [2.05, 4.69) is 21.2 Å². The summed E-state index contributed by atoms with van der Waals surface area (Å²) in [5.74, 6) is -0.812. The largest absolute Gasteiger partial charge is 0.350 e. The van der Waals surface area contributed by atoms with Crippen molar-refractivity contribution in [3.8, 4) is 0 Å². The Kier molecular flexibility index (Phi) is 11.5. The lowest BCUT2D eigenvalue weighted by Crippen LogP contribution is -2.56. The summed E-state index contributed by atoms with van der Waals surface area (Å²) in [6.45, 7) is 9.12. The molecule has 2 amide bonds. The number of benzene rings is 4. The molecule has 4 aromatic rings. The summed E-state index contributed by atoms with van der Waals surface area (Å²) in [5.41, 5.74) is 3.26. The Balaban J connectivity index is 1.85. The number of hydrogen-bond donors (Lipinski definition) is 1. The van der Waals surface area contributed by atoms with Gasteiger partial charge in [0.15, 0.2) is 0 Å². The van der Waals surface area contributed by atoms with E-state index in [1.54, 1.807) is 36.4 Å². The molecular weight excluding hydrogens is 662 g/mol. The monoisotopic (exact) mass is 703 g/mol. The van der Waals surface area contributed by atoms with Gasteiger partial charge in [-0.3, -0.25) is 13.9 Å². The Hall–Kier alpha value is -3.95. The number of para-hydroxylation sites is 1. The molecule has 0 unspecified atom stereocenters. The molecular formula is C37H42BrN3O4S. The number of aryl methyl sites for hydroxylation is 2. The van der Waals surface area contributed by atoms with Gasteiger partial charge in [0.25, 0.3) is 10.0 Å². The van der Waals surface area contributed by atoms with Gasteiger partial charge < -0.3 is 10.2 Å². The molecule has 0 aliphatic carbocycles. The van der Waals surface area contributed by atoms with E-state index in [4.69, 9.17) is 0 Å². The number of amides is 2. The molecule has 4 aromatic carbocycles. The molecule has 1 atom stereocenters. The maximum atomic E-state index is 14.7. The summed E-state index contributed by atoms with van der Waals surface area (Å²) < 4.78 is 30.7. The van der Waals surface area contributed by atoms with Gasteiger partial charge >= 0.3 is 0 Å². The molecule has 1 N–H and O–H groups in total. The van der Waals surface area contributed by atoms with Gasteiger partial charge in [-0.15, -0.1) is 0 Å². The first-order valence-corrected chi connectivity index (χ1v) is 17.6. The predicted octanol–water partition coefficient (Wildman–Crippen LogP) is 7.07. The Bertz CT molecular complexity index is 1750. The van der Waals surface area contributed by atoms with Crippen LogP contribution in [0.1, 0.15) is 49.9 Å². The molecule has 0 heterocycles. The van der Waals surface area contributed by atoms with Crippen molar-refractivity contribution in [3.05, 3.63) is 130 Å². The number of carbonyl (C=O) groups excluding carboxylic acids is 2. The first kappa shape index (κ1) is 34.9. The van der Waals surface area contributed by atoms with Crippen LogP contribution in [-0.2, 0) is 39.0 Å². The third-order valence-electron chi connectivity index (χ3n) is 7.54. The Labute approximate surface area is 281 Å². The van der Waals surface area contributed by atoms with Gasteiger partial charge in [0.1, 0.15) is 12.6 Å². The van der Waals surface area contributed by atoms with Gasteiger partial charge in [0.05, 0.1) is 10.6 Å². The van der Waals surface area contributed by atoms with Gasteiger partial charge in [-0.05, 0) is 81.1 Å². The van der Waals surface area contributed by atoms with Crippen LogP contribution < -0.4 is 9.62 Å². The van der Waals surface area contributed by atoms with Gasteiger partial charge in [-0.2, -0.15) is 0 Å². The zero-order valence-corrected chi connectivity index (χ0v) is 29.4. The lowest BCUT2D eigenvalue weighted by molar-refractivity contribution is -0.140. The van der Waals surface area contributed by atoms with Crippen molar-refractivity contribution in [2.45, 2.75) is 70.5 Å². The summed E-state index contributed by atoms with van der Waals surface area (Å²) in [5, 5.41) is 3.06. The molecule has 0 fully saturated rings. The highest BCUT2D eigenvalue weighted by Gasteiger charge is 2.36. The average molecular weight is 705 g/mol. The number of hydrogen-bond acceptors (Lipinski definition) is 4. The Morgan fingerprint density at radius 1 is 0.848 bits per heavy atom. The highest BCUT2D eigenvalue weighted by molar-refractivity contribution is 9.10. The van der Waals surface area contributed by atoms with Gasteiger partial charge in [-0.1, -0.05) is 101 Å². The molecule has 242 valence electrons. The minimum atomic E-state index is -4.17. The van der Waals surface area contributed by atoms with Crippen LogP contribution in [0.25, 0.3) is 0 Å². The fourth-order valence-corrected chi connectivity index (χ4v) is 7.14. The van der Waals surface area contributed by atoms with Crippen LogP contribution >= 0.6 is 15.9 Å². The summed E-state index contributed by atoms with van der Waals surface area (Å²) in [6.07, 6.45) is 0.815. The van der Waals surface area contributed by atoms with E-state index in [1.165, 1.54) is 9.21 Å². The molecule has 0 saturated carbocycles. The second-order valence-corrected chi connectivity index (χ2v) is 15.2. The maximum absolute atomic E-state index is 14.7. The molecule has 0 spiro atoms. The van der Waals surface area contributed by atoms with Crippen molar-refractivity contribution in [3.63, 3.8) is 0 Å². The predicted molar refractivity (Wildman–Crippen MR) is 188 cm³/mol. The van der Waals surface area contributed by atoms with E-state index in [1.807, 2.05) is 101 Å². The number of nitrogens with one attached hydrogen (secondary N) is 1. The summed E-state index contributed by atoms with van der Waals surface area (Å²) in [7, 11) is -4.17. The second-order valence-electron chi connectivity index (χ2n) is 12.4. The van der Waals surface area contributed by atoms with Gasteiger partial charge in [0, 0.05) is 23.0 Å². The van der Waals surface area contributed by atoms with Gasteiger partial charge in [0.2, 0.25) is 11.8 Å². The smallest absolute Gasteiger partial charge is 0.264 e. The normalized spacial score (nSPS) is 12.3. The molecule has 7 nitrogen and oxygen atoms in total. The number of nitrogens with zero attached hydrogens (tertiary/aromatic N) is 2. The van der Waals surface area contributed by atoms with Crippen LogP contribution in [0.15, 0.2) is 112 Å². The van der Waals surface area contributed by atoms with Crippen molar-refractivity contribution in [2.75, 3.05) is 10.8 Å². The number of carbonyl (C=O) groups is 2. The number of anilines is 1. The molecule has 0 radical (unpaired) electrons. The minimum absolute atomic E-state index is 0.0849. The van der Waals surface area contributed by atoms with Crippen LogP contribution in [0, 0.1) is 6.92 Å². The van der Waals surface area contributed by atoms with Crippen LogP contribution in [0.3, 0.4) is 0 Å². The molecule has 0 bridgehead atoms. The van der Waals surface area contributed by atoms with Crippen molar-refractivity contribution in [1.29, 1.82) is 0 Å². The van der Waals surface area contributed by atoms with Crippen LogP contribution in [-0.4, -0.2) is 43.3 Å². The highest BCUT2D eigenvalue weighted by Crippen LogP contribution is 2.29. The summed E-state index contributed by atoms with van der Waals surface area (Å²) in [6, 6.07) is 30.0. The highest BCUT2D eigenvalue weighted by atomic mass is 79.9. The molecule has 0 aromatic heterocycles. The van der Waals surface area contributed by atoms with E-state index in [0.29, 0.717) is 12.1 Å². The number of sulfonamides is 1. The molecule has 0 aliphatic rings. The fourth-order valence-electron chi connectivity index (χ4n) is 5.24. The van der Waals surface area contributed by atoms with E-state index in [9.17, 15) is 18.0 Å². The minimum Gasteiger partial charge on any atom is -0.350 e. The van der Waals surface area contributed by atoms with Gasteiger partial charge in [-0.25, -0.2) is 8.42 Å². The van der Waals surface area contributed by atoms with Crippen LogP contribution in [0.4, 0.5) is 5.69 Å².